The number of urea groups is 1. The summed E-state index contributed by atoms with van der Waals surface area (Å²) in [5.41, 5.74) is 1.49. The molecule has 1 unspecified atom stereocenters. The average molecular weight is 425 g/mol. The Morgan fingerprint density at radius 1 is 1.10 bits per heavy atom. The van der Waals surface area contributed by atoms with E-state index in [-0.39, 0.29) is 23.8 Å². The number of hydrogen-bond donors (Lipinski definition) is 2. The molecular formula is C24H29FN4O2. The van der Waals surface area contributed by atoms with E-state index in [1.807, 2.05) is 47.1 Å². The first-order valence-corrected chi connectivity index (χ1v) is 10.9. The van der Waals surface area contributed by atoms with Gasteiger partial charge in [-0.2, -0.15) is 0 Å². The number of piperidine rings is 1. The Hall–Kier alpha value is -2.93. The van der Waals surface area contributed by atoms with Crippen molar-refractivity contribution in [2.24, 2.45) is 0 Å². The zero-order valence-electron chi connectivity index (χ0n) is 17.8. The predicted molar refractivity (Wildman–Crippen MR) is 117 cm³/mol. The molecular weight excluding hydrogens is 395 g/mol. The molecule has 164 valence electrons. The molecule has 2 aromatic carbocycles. The summed E-state index contributed by atoms with van der Waals surface area (Å²) < 4.78 is 13.4. The highest BCUT2D eigenvalue weighted by Crippen LogP contribution is 2.34. The molecule has 31 heavy (non-hydrogen) atoms. The van der Waals surface area contributed by atoms with Crippen LogP contribution < -0.4 is 10.6 Å². The molecule has 2 saturated heterocycles. The van der Waals surface area contributed by atoms with Gasteiger partial charge in [0.1, 0.15) is 5.82 Å². The SMILES string of the molecule is CCNC(=O)N1CCC2(CC1)NC(Cc1ccccc1)C(=O)N2Cc1ccc(F)cc1. The number of hydrogen-bond acceptors (Lipinski definition) is 3. The van der Waals surface area contributed by atoms with E-state index in [9.17, 15) is 14.0 Å². The Kier molecular flexibility index (Phi) is 6.23. The third-order valence-electron chi connectivity index (χ3n) is 6.27. The van der Waals surface area contributed by atoms with Crippen LogP contribution in [0.15, 0.2) is 54.6 Å². The number of benzene rings is 2. The normalized spacial score (nSPS) is 20.3. The van der Waals surface area contributed by atoms with Gasteiger partial charge in [-0.3, -0.25) is 10.1 Å². The number of nitrogens with one attached hydrogen (secondary N) is 2. The van der Waals surface area contributed by atoms with Gasteiger partial charge in [0.2, 0.25) is 5.91 Å². The summed E-state index contributed by atoms with van der Waals surface area (Å²) in [6.07, 6.45) is 1.92. The van der Waals surface area contributed by atoms with Crippen LogP contribution in [0.25, 0.3) is 0 Å². The lowest BCUT2D eigenvalue weighted by Crippen LogP contribution is -2.60. The van der Waals surface area contributed by atoms with Gasteiger partial charge in [-0.1, -0.05) is 42.5 Å². The van der Waals surface area contributed by atoms with Crippen LogP contribution in [0.5, 0.6) is 0 Å². The third kappa shape index (κ3) is 4.56. The lowest BCUT2D eigenvalue weighted by atomic mass is 9.95. The molecule has 1 spiro atoms. The molecule has 0 saturated carbocycles. The van der Waals surface area contributed by atoms with Gasteiger partial charge in [0, 0.05) is 39.0 Å². The molecule has 2 heterocycles. The molecule has 2 aliphatic heterocycles. The monoisotopic (exact) mass is 424 g/mol. The maximum absolute atomic E-state index is 13.5. The van der Waals surface area contributed by atoms with E-state index < -0.39 is 5.66 Å². The minimum Gasteiger partial charge on any atom is -0.338 e. The summed E-state index contributed by atoms with van der Waals surface area (Å²) in [6.45, 7) is 4.05. The van der Waals surface area contributed by atoms with Crippen LogP contribution in [0.4, 0.5) is 9.18 Å². The maximum Gasteiger partial charge on any atom is 0.317 e. The van der Waals surface area contributed by atoms with Crippen molar-refractivity contribution < 1.29 is 14.0 Å². The topological polar surface area (TPSA) is 64.7 Å². The van der Waals surface area contributed by atoms with E-state index in [1.165, 1.54) is 12.1 Å². The zero-order chi connectivity index (χ0) is 21.8. The zero-order valence-corrected chi connectivity index (χ0v) is 17.8. The first-order valence-electron chi connectivity index (χ1n) is 10.9. The molecule has 0 radical (unpaired) electrons. The highest BCUT2D eigenvalue weighted by molar-refractivity contribution is 5.85. The molecule has 2 fully saturated rings. The molecule has 7 heteroatoms. The van der Waals surface area contributed by atoms with Crippen LogP contribution in [0.3, 0.4) is 0 Å². The van der Waals surface area contributed by atoms with Gasteiger partial charge in [0.05, 0.1) is 11.7 Å². The number of amides is 3. The quantitative estimate of drug-likeness (QED) is 0.776. The van der Waals surface area contributed by atoms with Crippen molar-refractivity contribution in [2.45, 2.75) is 44.4 Å². The number of carbonyl (C=O) groups is 2. The Morgan fingerprint density at radius 2 is 1.77 bits per heavy atom. The van der Waals surface area contributed by atoms with Crippen LogP contribution in [0.2, 0.25) is 0 Å². The lowest BCUT2D eigenvalue weighted by Gasteiger charge is -2.44. The maximum atomic E-state index is 13.5. The first-order chi connectivity index (χ1) is 15.0. The molecule has 0 aliphatic carbocycles. The summed E-state index contributed by atoms with van der Waals surface area (Å²) in [7, 11) is 0. The number of rotatable bonds is 5. The highest BCUT2D eigenvalue weighted by Gasteiger charge is 2.51. The Labute approximate surface area is 182 Å². The molecule has 1 atom stereocenters. The number of halogens is 1. The fourth-order valence-electron chi connectivity index (χ4n) is 4.61. The second-order valence-corrected chi connectivity index (χ2v) is 8.29. The second-order valence-electron chi connectivity index (χ2n) is 8.29. The van der Waals surface area contributed by atoms with Crippen LogP contribution in [-0.2, 0) is 17.8 Å². The minimum absolute atomic E-state index is 0.0552. The van der Waals surface area contributed by atoms with Crippen LogP contribution >= 0.6 is 0 Å². The van der Waals surface area contributed by atoms with Gasteiger partial charge in [-0.15, -0.1) is 0 Å². The van der Waals surface area contributed by atoms with E-state index in [1.54, 1.807) is 12.1 Å². The number of nitrogens with zero attached hydrogens (tertiary/aromatic N) is 2. The van der Waals surface area contributed by atoms with Crippen molar-refractivity contribution in [1.29, 1.82) is 0 Å². The minimum atomic E-state index is -0.506. The van der Waals surface area contributed by atoms with E-state index in [0.717, 1.165) is 11.1 Å². The van der Waals surface area contributed by atoms with Crippen molar-refractivity contribution in [3.63, 3.8) is 0 Å². The van der Waals surface area contributed by atoms with Crippen LogP contribution in [0, 0.1) is 5.82 Å². The number of carbonyl (C=O) groups excluding carboxylic acids is 2. The Bertz CT molecular complexity index is 911. The fraction of sp³-hybridized carbons (Fsp3) is 0.417. The third-order valence-corrected chi connectivity index (χ3v) is 6.27. The van der Waals surface area contributed by atoms with Crippen molar-refractivity contribution in [1.82, 2.24) is 20.4 Å². The van der Waals surface area contributed by atoms with E-state index in [0.29, 0.717) is 45.4 Å². The predicted octanol–water partition coefficient (Wildman–Crippen LogP) is 2.89. The second kappa shape index (κ2) is 9.06. The molecule has 2 N–H and O–H groups in total. The molecule has 2 aromatic rings. The molecule has 0 bridgehead atoms. The van der Waals surface area contributed by atoms with E-state index in [4.69, 9.17) is 0 Å². The van der Waals surface area contributed by atoms with Crippen molar-refractivity contribution in [3.05, 3.63) is 71.5 Å². The molecule has 0 aromatic heterocycles. The van der Waals surface area contributed by atoms with Gasteiger partial charge >= 0.3 is 6.03 Å². The van der Waals surface area contributed by atoms with Crippen LogP contribution in [0.1, 0.15) is 30.9 Å². The largest absolute Gasteiger partial charge is 0.338 e. The van der Waals surface area contributed by atoms with Gasteiger partial charge in [0.15, 0.2) is 0 Å². The summed E-state index contributed by atoms with van der Waals surface area (Å²) in [4.78, 5) is 29.4. The van der Waals surface area contributed by atoms with Gasteiger partial charge < -0.3 is 15.1 Å². The van der Waals surface area contributed by atoms with E-state index >= 15 is 0 Å². The van der Waals surface area contributed by atoms with Gasteiger partial charge in [-0.05, 0) is 36.6 Å². The Balaban J connectivity index is 1.55. The lowest BCUT2D eigenvalue weighted by molar-refractivity contribution is -0.134. The molecule has 3 amide bonds. The summed E-state index contributed by atoms with van der Waals surface area (Å²) in [5, 5.41) is 6.47. The fourth-order valence-corrected chi connectivity index (χ4v) is 4.61. The van der Waals surface area contributed by atoms with Crippen LogP contribution in [-0.4, -0.2) is 53.1 Å². The molecule has 4 rings (SSSR count). The highest BCUT2D eigenvalue weighted by atomic mass is 19.1. The molecule has 2 aliphatic rings. The first kappa shape index (κ1) is 21.3. The van der Waals surface area contributed by atoms with Crippen molar-refractivity contribution in [3.8, 4) is 0 Å². The van der Waals surface area contributed by atoms with Gasteiger partial charge in [0.25, 0.3) is 0 Å². The summed E-state index contributed by atoms with van der Waals surface area (Å²) in [6, 6.07) is 15.9. The average Bonchev–Trinajstić information content (AvgIpc) is 3.02. The molecule has 6 nitrogen and oxygen atoms in total. The summed E-state index contributed by atoms with van der Waals surface area (Å²) >= 11 is 0. The Morgan fingerprint density at radius 3 is 2.42 bits per heavy atom. The smallest absolute Gasteiger partial charge is 0.317 e. The number of likely N-dealkylation sites (tertiary alicyclic amines) is 1. The standard InChI is InChI=1S/C24H29FN4O2/c1-2-26-23(31)28-14-12-24(13-15-28)27-21(16-18-6-4-3-5-7-18)22(30)29(24)17-19-8-10-20(25)11-9-19/h3-11,21,27H,2,12-17H2,1H3,(H,26,31). The van der Waals surface area contributed by atoms with Gasteiger partial charge in [-0.25, -0.2) is 9.18 Å². The van der Waals surface area contributed by atoms with E-state index in [2.05, 4.69) is 10.6 Å². The van der Waals surface area contributed by atoms with Crippen molar-refractivity contribution in [2.75, 3.05) is 19.6 Å². The summed E-state index contributed by atoms with van der Waals surface area (Å²) in [5.74, 6) is -0.235. The van der Waals surface area contributed by atoms with Crippen molar-refractivity contribution >= 4 is 11.9 Å².